The van der Waals surface area contributed by atoms with Gasteiger partial charge in [0, 0.05) is 49.4 Å². The molecule has 0 saturated carbocycles. The molecule has 0 aliphatic carbocycles. The van der Waals surface area contributed by atoms with Gasteiger partial charge in [-0.2, -0.15) is 0 Å². The molecule has 2 aromatic carbocycles. The quantitative estimate of drug-likeness (QED) is 0.417. The lowest BCUT2D eigenvalue weighted by Crippen LogP contribution is -2.41. The summed E-state index contributed by atoms with van der Waals surface area (Å²) in [6.07, 6.45) is 0.789. The highest BCUT2D eigenvalue weighted by Gasteiger charge is 2.25. The third-order valence-corrected chi connectivity index (χ3v) is 5.22. The number of hydrogen-bond donors (Lipinski definition) is 1. The number of rotatable bonds is 7. The highest BCUT2D eigenvalue weighted by Crippen LogP contribution is 2.31. The number of carbonyl (C=O) groups is 2. The zero-order valence-corrected chi connectivity index (χ0v) is 17.9. The van der Waals surface area contributed by atoms with Crippen LogP contribution in [0.15, 0.2) is 48.5 Å². The number of ketones is 1. The van der Waals surface area contributed by atoms with E-state index in [4.69, 9.17) is 0 Å². The van der Waals surface area contributed by atoms with E-state index in [1.165, 1.54) is 6.07 Å². The number of carbonyl (C=O) groups excluding carboxylic acids is 2. The largest absolute Gasteiger partial charge is 0.365 e. The summed E-state index contributed by atoms with van der Waals surface area (Å²) >= 11 is 0. The van der Waals surface area contributed by atoms with Crippen LogP contribution in [0.3, 0.4) is 0 Å². The fourth-order valence-corrected chi connectivity index (χ4v) is 3.78. The summed E-state index contributed by atoms with van der Waals surface area (Å²) in [5.74, 6) is -0.258. The van der Waals surface area contributed by atoms with Gasteiger partial charge in [0.15, 0.2) is 5.78 Å². The normalized spacial score (nSPS) is 14.9. The molecule has 8 nitrogen and oxygen atoms in total. The van der Waals surface area contributed by atoms with Crippen LogP contribution in [-0.4, -0.2) is 60.3 Å². The second-order valence-corrected chi connectivity index (χ2v) is 7.99. The summed E-state index contributed by atoms with van der Waals surface area (Å²) < 4.78 is 0. The minimum Gasteiger partial charge on any atom is -0.365 e. The van der Waals surface area contributed by atoms with Crippen molar-refractivity contribution >= 4 is 23.1 Å². The molecule has 0 radical (unpaired) electrons. The minimum absolute atomic E-state index is 0.0155. The van der Waals surface area contributed by atoms with Gasteiger partial charge in [-0.25, -0.2) is 0 Å². The van der Waals surface area contributed by atoms with Gasteiger partial charge in [-0.1, -0.05) is 30.3 Å². The van der Waals surface area contributed by atoms with Crippen molar-refractivity contribution in [1.82, 2.24) is 10.2 Å². The third-order valence-electron chi connectivity index (χ3n) is 5.22. The molecule has 1 N–H and O–H groups in total. The maximum absolute atomic E-state index is 12.7. The summed E-state index contributed by atoms with van der Waals surface area (Å²) in [5, 5.41) is 14.7. The Bertz CT molecular complexity index is 946. The molecule has 8 heteroatoms. The van der Waals surface area contributed by atoms with Gasteiger partial charge in [0.05, 0.1) is 11.5 Å². The summed E-state index contributed by atoms with van der Waals surface area (Å²) in [4.78, 5) is 40.1. The Labute approximate surface area is 182 Å². The second-order valence-electron chi connectivity index (χ2n) is 7.99. The molecular formula is C23H28N4O4. The summed E-state index contributed by atoms with van der Waals surface area (Å²) in [5.41, 5.74) is 1.22. The van der Waals surface area contributed by atoms with E-state index >= 15 is 0 Å². The molecule has 1 amide bonds. The smallest absolute Gasteiger partial charge is 0.293 e. The van der Waals surface area contributed by atoms with Crippen molar-refractivity contribution < 1.29 is 14.5 Å². The Morgan fingerprint density at radius 1 is 1.03 bits per heavy atom. The predicted molar refractivity (Wildman–Crippen MR) is 120 cm³/mol. The number of nitro benzene ring substituents is 1. The van der Waals surface area contributed by atoms with Gasteiger partial charge in [-0.15, -0.1) is 0 Å². The van der Waals surface area contributed by atoms with Crippen LogP contribution < -0.4 is 10.2 Å². The molecule has 0 bridgehead atoms. The Morgan fingerprint density at radius 2 is 1.77 bits per heavy atom. The van der Waals surface area contributed by atoms with Crippen molar-refractivity contribution in [3.8, 4) is 0 Å². The molecule has 2 aromatic rings. The van der Waals surface area contributed by atoms with Crippen molar-refractivity contribution in [2.75, 3.05) is 37.6 Å². The summed E-state index contributed by atoms with van der Waals surface area (Å²) in [7, 11) is 0. The van der Waals surface area contributed by atoms with Crippen molar-refractivity contribution in [1.29, 1.82) is 0 Å². The van der Waals surface area contributed by atoms with Crippen molar-refractivity contribution in [2.24, 2.45) is 0 Å². The van der Waals surface area contributed by atoms with Gasteiger partial charge in [0.1, 0.15) is 5.69 Å². The first-order valence-electron chi connectivity index (χ1n) is 10.5. The molecule has 0 unspecified atom stereocenters. The van der Waals surface area contributed by atoms with Crippen LogP contribution in [0.25, 0.3) is 0 Å². The van der Waals surface area contributed by atoms with E-state index in [2.05, 4.69) is 10.2 Å². The average molecular weight is 425 g/mol. The maximum atomic E-state index is 12.7. The van der Waals surface area contributed by atoms with Crippen molar-refractivity contribution in [2.45, 2.75) is 26.3 Å². The highest BCUT2D eigenvalue weighted by atomic mass is 16.6. The van der Waals surface area contributed by atoms with E-state index in [-0.39, 0.29) is 23.4 Å². The van der Waals surface area contributed by atoms with Crippen LogP contribution in [0.4, 0.5) is 11.4 Å². The molecule has 1 aliphatic rings. The number of hydrogen-bond acceptors (Lipinski definition) is 6. The SMILES string of the molecule is CC(C)NC(=O)CN1CCCN(c2ccc(C(=O)c3ccccc3)cc2[N+](=O)[O-])CC1. The zero-order chi connectivity index (χ0) is 22.4. The minimum atomic E-state index is -0.435. The van der Waals surface area contributed by atoms with Crippen LogP contribution in [0.1, 0.15) is 36.2 Å². The van der Waals surface area contributed by atoms with E-state index in [9.17, 15) is 19.7 Å². The molecule has 31 heavy (non-hydrogen) atoms. The number of nitrogens with zero attached hydrogens (tertiary/aromatic N) is 3. The number of anilines is 1. The lowest BCUT2D eigenvalue weighted by Gasteiger charge is -2.23. The molecule has 1 saturated heterocycles. The van der Waals surface area contributed by atoms with Crippen LogP contribution in [0.5, 0.6) is 0 Å². The van der Waals surface area contributed by atoms with Crippen LogP contribution >= 0.6 is 0 Å². The Hall–Kier alpha value is -3.26. The van der Waals surface area contributed by atoms with Gasteiger partial charge < -0.3 is 10.2 Å². The Kier molecular flexibility index (Phi) is 7.36. The molecule has 1 heterocycles. The van der Waals surface area contributed by atoms with Gasteiger partial charge >= 0.3 is 0 Å². The first-order valence-corrected chi connectivity index (χ1v) is 10.5. The average Bonchev–Trinajstić information content (AvgIpc) is 2.98. The van der Waals surface area contributed by atoms with Gasteiger partial charge in [-0.05, 0) is 32.4 Å². The first kappa shape index (κ1) is 22.4. The Morgan fingerprint density at radius 3 is 2.45 bits per heavy atom. The molecule has 164 valence electrons. The van der Waals surface area contributed by atoms with Gasteiger partial charge in [0.2, 0.25) is 5.91 Å². The maximum Gasteiger partial charge on any atom is 0.293 e. The number of nitro groups is 1. The molecule has 1 fully saturated rings. The fraction of sp³-hybridized carbons (Fsp3) is 0.391. The van der Waals surface area contributed by atoms with E-state index in [0.29, 0.717) is 43.0 Å². The van der Waals surface area contributed by atoms with E-state index in [1.54, 1.807) is 36.4 Å². The lowest BCUT2D eigenvalue weighted by atomic mass is 10.0. The summed E-state index contributed by atoms with van der Waals surface area (Å²) in [6.45, 7) is 6.77. The first-order chi connectivity index (χ1) is 14.8. The highest BCUT2D eigenvalue weighted by molar-refractivity contribution is 6.09. The van der Waals surface area contributed by atoms with E-state index in [0.717, 1.165) is 13.0 Å². The van der Waals surface area contributed by atoms with Crippen LogP contribution in [0, 0.1) is 10.1 Å². The van der Waals surface area contributed by atoms with Gasteiger partial charge in [-0.3, -0.25) is 24.6 Å². The predicted octanol–water partition coefficient (Wildman–Crippen LogP) is 2.86. The van der Waals surface area contributed by atoms with Gasteiger partial charge in [0.25, 0.3) is 5.69 Å². The number of amides is 1. The van der Waals surface area contributed by atoms with Crippen LogP contribution in [-0.2, 0) is 4.79 Å². The monoisotopic (exact) mass is 424 g/mol. The zero-order valence-electron chi connectivity index (χ0n) is 17.9. The fourth-order valence-electron chi connectivity index (χ4n) is 3.78. The topological polar surface area (TPSA) is 95.8 Å². The van der Waals surface area contributed by atoms with Crippen LogP contribution in [0.2, 0.25) is 0 Å². The van der Waals surface area contributed by atoms with E-state index in [1.807, 2.05) is 24.8 Å². The molecule has 0 atom stereocenters. The van der Waals surface area contributed by atoms with Crippen molar-refractivity contribution in [3.05, 3.63) is 69.8 Å². The Balaban J connectivity index is 1.75. The molecular weight excluding hydrogens is 396 g/mol. The lowest BCUT2D eigenvalue weighted by molar-refractivity contribution is -0.384. The molecule has 0 spiro atoms. The van der Waals surface area contributed by atoms with Crippen molar-refractivity contribution in [3.63, 3.8) is 0 Å². The second kappa shape index (κ2) is 10.2. The molecule has 0 aromatic heterocycles. The number of benzene rings is 2. The number of nitrogens with one attached hydrogen (secondary N) is 1. The van der Waals surface area contributed by atoms with E-state index < -0.39 is 4.92 Å². The standard InChI is InChI=1S/C23H28N4O4/c1-17(2)24-22(28)16-25-11-6-12-26(14-13-25)20-10-9-19(15-21(20)27(30)31)23(29)18-7-4-3-5-8-18/h3-5,7-10,15,17H,6,11-14,16H2,1-2H3,(H,24,28). The molecule has 3 rings (SSSR count). The summed E-state index contributed by atoms with van der Waals surface area (Å²) in [6, 6.07) is 13.5. The third kappa shape index (κ3) is 5.88. The molecule has 1 aliphatic heterocycles.